The second kappa shape index (κ2) is 6.52. The van der Waals surface area contributed by atoms with Crippen molar-refractivity contribution in [2.75, 3.05) is 0 Å². The van der Waals surface area contributed by atoms with Gasteiger partial charge in [0.05, 0.1) is 6.04 Å². The molecule has 2 heterocycles. The van der Waals surface area contributed by atoms with Gasteiger partial charge in [0.1, 0.15) is 11.3 Å². The standard InChI is InChI=1S/C22H24N2O2/c1-14-12-17(16(3)24(14)19-9-10-19)8-11-22(25)23-15(2)21-13-18-6-4-5-7-20(18)26-21/h4-8,11-13,15,19H,9-10H2,1-3H3,(H,23,25)/b11-8+/t15-/m0/s1. The Hall–Kier alpha value is -2.75. The first-order chi connectivity index (χ1) is 12.5. The van der Waals surface area contributed by atoms with Crippen LogP contribution in [0.1, 0.15) is 54.6 Å². The number of rotatable bonds is 5. The summed E-state index contributed by atoms with van der Waals surface area (Å²) in [7, 11) is 0. The first-order valence-electron chi connectivity index (χ1n) is 9.18. The molecule has 2 aromatic heterocycles. The van der Waals surface area contributed by atoms with E-state index in [9.17, 15) is 4.79 Å². The van der Waals surface area contributed by atoms with E-state index in [1.165, 1.54) is 24.2 Å². The average molecular weight is 348 g/mol. The molecule has 0 spiro atoms. The number of hydrogen-bond donors (Lipinski definition) is 1. The van der Waals surface area contributed by atoms with Gasteiger partial charge < -0.3 is 14.3 Å². The van der Waals surface area contributed by atoms with Crippen LogP contribution in [0.2, 0.25) is 0 Å². The first-order valence-corrected chi connectivity index (χ1v) is 9.18. The van der Waals surface area contributed by atoms with Crippen LogP contribution in [0.3, 0.4) is 0 Å². The van der Waals surface area contributed by atoms with Crippen molar-refractivity contribution in [3.63, 3.8) is 0 Å². The van der Waals surface area contributed by atoms with Crippen LogP contribution in [0.25, 0.3) is 17.0 Å². The Morgan fingerprint density at radius 1 is 1.27 bits per heavy atom. The minimum atomic E-state index is -0.182. The quantitative estimate of drug-likeness (QED) is 0.654. The largest absolute Gasteiger partial charge is 0.459 e. The van der Waals surface area contributed by atoms with E-state index in [1.807, 2.05) is 43.3 Å². The fourth-order valence-corrected chi connectivity index (χ4v) is 3.58. The van der Waals surface area contributed by atoms with Crippen LogP contribution in [-0.4, -0.2) is 10.5 Å². The summed E-state index contributed by atoms with van der Waals surface area (Å²) < 4.78 is 8.21. The number of para-hydroxylation sites is 1. The Morgan fingerprint density at radius 2 is 2.04 bits per heavy atom. The van der Waals surface area contributed by atoms with Gasteiger partial charge in [0, 0.05) is 28.9 Å². The number of furan rings is 1. The molecule has 4 nitrogen and oxygen atoms in total. The second-order valence-corrected chi connectivity index (χ2v) is 7.18. The van der Waals surface area contributed by atoms with Crippen molar-refractivity contribution in [3.8, 4) is 0 Å². The molecule has 0 bridgehead atoms. The number of fused-ring (bicyclic) bond motifs is 1. The number of benzene rings is 1. The molecule has 1 N–H and O–H groups in total. The van der Waals surface area contributed by atoms with Crippen molar-refractivity contribution in [2.24, 2.45) is 0 Å². The molecule has 1 atom stereocenters. The third kappa shape index (κ3) is 3.19. The fourth-order valence-electron chi connectivity index (χ4n) is 3.58. The summed E-state index contributed by atoms with van der Waals surface area (Å²) in [5, 5.41) is 4.02. The first kappa shape index (κ1) is 16.7. The minimum Gasteiger partial charge on any atom is -0.459 e. The van der Waals surface area contributed by atoms with Crippen molar-refractivity contribution < 1.29 is 9.21 Å². The molecule has 1 aliphatic rings. The number of hydrogen-bond acceptors (Lipinski definition) is 2. The third-order valence-electron chi connectivity index (χ3n) is 5.08. The molecule has 1 aromatic carbocycles. The van der Waals surface area contributed by atoms with Crippen molar-refractivity contribution in [1.82, 2.24) is 9.88 Å². The Bertz CT molecular complexity index is 956. The molecule has 1 saturated carbocycles. The van der Waals surface area contributed by atoms with Crippen LogP contribution < -0.4 is 5.32 Å². The predicted octanol–water partition coefficient (Wildman–Crippen LogP) is 5.08. The van der Waals surface area contributed by atoms with E-state index in [4.69, 9.17) is 4.42 Å². The van der Waals surface area contributed by atoms with Crippen molar-refractivity contribution in [2.45, 2.75) is 45.7 Å². The zero-order valence-electron chi connectivity index (χ0n) is 15.5. The topological polar surface area (TPSA) is 47.2 Å². The molecule has 26 heavy (non-hydrogen) atoms. The molecule has 1 fully saturated rings. The van der Waals surface area contributed by atoms with Crippen molar-refractivity contribution in [1.29, 1.82) is 0 Å². The van der Waals surface area contributed by atoms with Gasteiger partial charge >= 0.3 is 0 Å². The van der Waals surface area contributed by atoms with Crippen LogP contribution in [0.5, 0.6) is 0 Å². The van der Waals surface area contributed by atoms with Gasteiger partial charge in [0.15, 0.2) is 0 Å². The molecular formula is C22H24N2O2. The van der Waals surface area contributed by atoms with Gasteiger partial charge in [-0.2, -0.15) is 0 Å². The molecule has 3 aromatic rings. The zero-order valence-corrected chi connectivity index (χ0v) is 15.5. The van der Waals surface area contributed by atoms with Gasteiger partial charge in [-0.05, 0) is 63.5 Å². The molecule has 4 rings (SSSR count). The van der Waals surface area contributed by atoms with Gasteiger partial charge in [-0.3, -0.25) is 4.79 Å². The smallest absolute Gasteiger partial charge is 0.244 e. The van der Waals surface area contributed by atoms with Crippen molar-refractivity contribution in [3.05, 3.63) is 65.2 Å². The maximum atomic E-state index is 12.3. The van der Waals surface area contributed by atoms with Gasteiger partial charge in [0.2, 0.25) is 5.91 Å². The highest BCUT2D eigenvalue weighted by atomic mass is 16.3. The molecule has 0 radical (unpaired) electrons. The summed E-state index contributed by atoms with van der Waals surface area (Å²) in [6.07, 6.45) is 6.03. The van der Waals surface area contributed by atoms with Crippen LogP contribution >= 0.6 is 0 Å². The molecule has 134 valence electrons. The summed E-state index contributed by atoms with van der Waals surface area (Å²) in [5.41, 5.74) is 4.45. The second-order valence-electron chi connectivity index (χ2n) is 7.18. The lowest BCUT2D eigenvalue weighted by Crippen LogP contribution is -2.24. The third-order valence-corrected chi connectivity index (χ3v) is 5.08. The molecule has 0 aliphatic heterocycles. The number of nitrogens with zero attached hydrogens (tertiary/aromatic N) is 1. The molecule has 1 amide bonds. The van der Waals surface area contributed by atoms with Crippen LogP contribution in [-0.2, 0) is 4.79 Å². The Labute approximate surface area is 153 Å². The minimum absolute atomic E-state index is 0.116. The lowest BCUT2D eigenvalue weighted by molar-refractivity contribution is -0.117. The fraction of sp³-hybridized carbons (Fsp3) is 0.318. The van der Waals surface area contributed by atoms with Crippen LogP contribution in [0, 0.1) is 13.8 Å². The number of nitrogens with one attached hydrogen (secondary N) is 1. The molecule has 4 heteroatoms. The summed E-state index contributed by atoms with van der Waals surface area (Å²) in [6, 6.07) is 12.5. The maximum Gasteiger partial charge on any atom is 0.244 e. The summed E-state index contributed by atoms with van der Waals surface area (Å²) >= 11 is 0. The molecular weight excluding hydrogens is 324 g/mol. The summed E-state index contributed by atoms with van der Waals surface area (Å²) in [5.74, 6) is 0.647. The number of carbonyl (C=O) groups is 1. The molecule has 1 aliphatic carbocycles. The average Bonchev–Trinajstić information content (AvgIpc) is 3.27. The van der Waals surface area contributed by atoms with Gasteiger partial charge in [0.25, 0.3) is 0 Å². The SMILES string of the molecule is Cc1cc(/C=C/C(=O)N[C@@H](C)c2cc3ccccc3o2)c(C)n1C1CC1. The van der Waals surface area contributed by atoms with Crippen molar-refractivity contribution >= 4 is 23.0 Å². The van der Waals surface area contributed by atoms with Gasteiger partial charge in [-0.15, -0.1) is 0 Å². The highest BCUT2D eigenvalue weighted by Gasteiger charge is 2.26. The van der Waals surface area contributed by atoms with E-state index in [-0.39, 0.29) is 11.9 Å². The molecule has 0 saturated heterocycles. The Balaban J connectivity index is 1.45. The summed E-state index contributed by atoms with van der Waals surface area (Å²) in [6.45, 7) is 6.19. The number of aromatic nitrogens is 1. The lowest BCUT2D eigenvalue weighted by Gasteiger charge is -2.09. The van der Waals surface area contributed by atoms with E-state index in [1.54, 1.807) is 6.08 Å². The van der Waals surface area contributed by atoms with Gasteiger partial charge in [-0.1, -0.05) is 18.2 Å². The predicted molar refractivity (Wildman–Crippen MR) is 104 cm³/mol. The van der Waals surface area contributed by atoms with E-state index >= 15 is 0 Å². The Morgan fingerprint density at radius 3 is 2.77 bits per heavy atom. The number of carbonyl (C=O) groups excluding carboxylic acids is 1. The maximum absolute atomic E-state index is 12.3. The van der Waals surface area contributed by atoms with Crippen LogP contribution in [0.4, 0.5) is 0 Å². The monoisotopic (exact) mass is 348 g/mol. The normalized spacial score (nSPS) is 15.7. The van der Waals surface area contributed by atoms with E-state index in [2.05, 4.69) is 29.8 Å². The lowest BCUT2D eigenvalue weighted by atomic mass is 10.2. The number of aryl methyl sites for hydroxylation is 1. The van der Waals surface area contributed by atoms with E-state index < -0.39 is 0 Å². The summed E-state index contributed by atoms with van der Waals surface area (Å²) in [4.78, 5) is 12.3. The van der Waals surface area contributed by atoms with E-state index in [0.717, 1.165) is 22.3 Å². The highest BCUT2D eigenvalue weighted by Crippen LogP contribution is 2.38. The highest BCUT2D eigenvalue weighted by molar-refractivity contribution is 5.92. The van der Waals surface area contributed by atoms with Crippen LogP contribution in [0.15, 0.2) is 46.9 Å². The van der Waals surface area contributed by atoms with Gasteiger partial charge in [-0.25, -0.2) is 0 Å². The zero-order chi connectivity index (χ0) is 18.3. The number of amides is 1. The van der Waals surface area contributed by atoms with E-state index in [0.29, 0.717) is 6.04 Å². The Kier molecular flexibility index (Phi) is 4.19. The molecule has 0 unspecified atom stereocenters.